The maximum Gasteiger partial charge on any atom is 3.00 e. The summed E-state index contributed by atoms with van der Waals surface area (Å²) in [5.41, 5.74) is 0. The van der Waals surface area contributed by atoms with Crippen LogP contribution >= 0.6 is 0 Å². The third kappa shape index (κ3) is 324. The molecule has 0 fully saturated rings. The van der Waals surface area contributed by atoms with Gasteiger partial charge in [0.1, 0.15) is 0 Å². The normalized spacial score (nSPS) is 4.80. The maximum absolute atomic E-state index is 8.52. The first kappa shape index (κ1) is 22.5. The van der Waals surface area contributed by atoms with E-state index in [-0.39, 0.29) is 65.4 Å². The molecule has 48 valence electrons. The van der Waals surface area contributed by atoms with Crippen LogP contribution in [0.25, 0.3) is 0 Å². The van der Waals surface area contributed by atoms with Crippen molar-refractivity contribution in [1.82, 2.24) is 0 Å². The van der Waals surface area contributed by atoms with Gasteiger partial charge < -0.3 is 28.1 Å². The molecule has 6 nitrogen and oxygen atoms in total. The first-order valence-corrected chi connectivity index (χ1v) is 3.67. The molecule has 0 N–H and O–H groups in total. The van der Waals surface area contributed by atoms with Gasteiger partial charge in [0.25, 0.3) is 0 Å². The van der Waals surface area contributed by atoms with Gasteiger partial charge in [0.05, 0.1) is 0 Å². The fraction of sp³-hybridized carbons (Fsp3) is 0. The number of hydrogen-bond acceptors (Lipinski definition) is 6. The molecule has 0 amide bonds. The van der Waals surface area contributed by atoms with Crippen molar-refractivity contribution >= 4 is 18.3 Å². The number of rotatable bonds is 0. The van der Waals surface area contributed by atoms with Crippen molar-refractivity contribution in [3.05, 3.63) is 0 Å². The zero-order valence-electron chi connectivity index (χ0n) is 4.60. The van der Waals surface area contributed by atoms with Crippen LogP contribution in [-0.4, -0.2) is 18.3 Å². The van der Waals surface area contributed by atoms with Crippen LogP contribution in [-0.2, 0) is 74.3 Å². The van der Waals surface area contributed by atoms with Crippen LogP contribution < -0.4 is 19.2 Å². The zero-order valence-corrected chi connectivity index (χ0v) is 12.3. The monoisotopic (exact) mass is 330 g/mol. The molecule has 10 heteroatoms. The first-order valence-electron chi connectivity index (χ1n) is 1.22. The molecule has 0 rings (SSSR count). The average molecular weight is 330 g/mol. The molecule has 0 unspecified atom stereocenters. The summed E-state index contributed by atoms with van der Waals surface area (Å²) < 4.78 is 17.0. The molecule has 0 aliphatic rings. The molecule has 0 aliphatic carbocycles. The fourth-order valence-corrected chi connectivity index (χ4v) is 0. The summed E-state index contributed by atoms with van der Waals surface area (Å²) in [4.78, 5) is 34.1. The van der Waals surface area contributed by atoms with Gasteiger partial charge in [0.2, 0.25) is 0 Å². The minimum absolute atomic E-state index is 0. The Morgan fingerprint density at radius 3 is 0.700 bits per heavy atom. The number of hydrogen-bond donors (Lipinski definition) is 0. The van der Waals surface area contributed by atoms with Crippen molar-refractivity contribution in [3.63, 3.8) is 0 Å². The van der Waals surface area contributed by atoms with Gasteiger partial charge in [-0.3, -0.25) is 0 Å². The molecule has 0 heterocycles. The molecule has 0 atom stereocenters. The Kier molecular flexibility index (Phi) is 37.9. The Labute approximate surface area is 110 Å². The van der Waals surface area contributed by atoms with Crippen LogP contribution in [0.1, 0.15) is 0 Å². The second-order valence-electron chi connectivity index (χ2n) is 0.500. The van der Waals surface area contributed by atoms with E-state index in [4.69, 9.17) is 28.1 Å². The van der Waals surface area contributed by atoms with Gasteiger partial charge in [-0.1, -0.05) is 0 Å². The summed E-state index contributed by atoms with van der Waals surface area (Å²) >= 11 is 0. The standard InChI is InChI=1S/2O3Si.2Y/c2*1-4(2)3;;/q2*-2;2*+3. The quantitative estimate of drug-likeness (QED) is 0.407. The van der Waals surface area contributed by atoms with E-state index in [0.29, 0.717) is 0 Å². The molecule has 0 spiro atoms. The van der Waals surface area contributed by atoms with E-state index in [1.807, 2.05) is 0 Å². The largest absolute Gasteiger partial charge is 3.00 e. The van der Waals surface area contributed by atoms with Gasteiger partial charge in [-0.2, -0.15) is 0 Å². The Bertz CT molecular complexity index is 71.7. The zero-order chi connectivity index (χ0) is 7.15. The van der Waals surface area contributed by atoms with Crippen LogP contribution in [0.3, 0.4) is 0 Å². The molecule has 0 bridgehead atoms. The summed E-state index contributed by atoms with van der Waals surface area (Å²) in [5, 5.41) is 0. The molecule has 0 aromatic heterocycles. The third-order valence-electron chi connectivity index (χ3n) is 0. The minimum Gasteiger partial charge on any atom is -0.672 e. The molecule has 0 saturated heterocycles. The minimum atomic E-state index is -3.63. The second kappa shape index (κ2) is 16.8. The van der Waals surface area contributed by atoms with E-state index >= 15 is 0 Å². The van der Waals surface area contributed by atoms with Crippen LogP contribution in [0.5, 0.6) is 0 Å². The smallest absolute Gasteiger partial charge is 0.672 e. The average Bonchev–Trinajstić information content (AvgIpc) is 1.25. The predicted molar refractivity (Wildman–Crippen MR) is 12.9 cm³/mol. The van der Waals surface area contributed by atoms with Crippen LogP contribution in [0.4, 0.5) is 0 Å². The van der Waals surface area contributed by atoms with Crippen molar-refractivity contribution in [2.45, 2.75) is 0 Å². The molecule has 10 heavy (non-hydrogen) atoms. The van der Waals surface area contributed by atoms with Gasteiger partial charge in [-0.05, 0) is 0 Å². The van der Waals surface area contributed by atoms with Crippen LogP contribution in [0, 0.1) is 0 Å². The van der Waals surface area contributed by atoms with E-state index < -0.39 is 18.3 Å². The van der Waals surface area contributed by atoms with Crippen LogP contribution in [0.15, 0.2) is 0 Å². The summed E-state index contributed by atoms with van der Waals surface area (Å²) in [6.07, 6.45) is 0. The SMILES string of the molecule is O=[Si]([O-])[O-].O=[Si]([O-])[O-].[Y+3].[Y+3]. The summed E-state index contributed by atoms with van der Waals surface area (Å²) in [7, 11) is -7.26. The third-order valence-corrected chi connectivity index (χ3v) is 0. The molecule has 0 radical (unpaired) electrons. The Balaban J connectivity index is -0.0000000300. The van der Waals surface area contributed by atoms with Crippen LogP contribution in [0.2, 0.25) is 0 Å². The van der Waals surface area contributed by atoms with Crippen molar-refractivity contribution in [2.75, 3.05) is 0 Å². The molecule has 0 aromatic carbocycles. The molecular formula is O6Si2Y2+2. The first-order chi connectivity index (χ1) is 3.46. The van der Waals surface area contributed by atoms with Gasteiger partial charge in [0, 0.05) is 18.3 Å². The maximum atomic E-state index is 8.52. The van der Waals surface area contributed by atoms with Gasteiger partial charge in [-0.25, -0.2) is 0 Å². The summed E-state index contributed by atoms with van der Waals surface area (Å²) in [6, 6.07) is 0. The Hall–Kier alpha value is 1.44. The summed E-state index contributed by atoms with van der Waals surface area (Å²) in [6.45, 7) is 0. The van der Waals surface area contributed by atoms with E-state index in [2.05, 4.69) is 0 Å². The van der Waals surface area contributed by atoms with Gasteiger partial charge >= 0.3 is 65.4 Å². The second-order valence-corrected chi connectivity index (χ2v) is 1.50. The van der Waals surface area contributed by atoms with E-state index in [1.165, 1.54) is 0 Å². The topological polar surface area (TPSA) is 126 Å². The fourth-order valence-electron chi connectivity index (χ4n) is 0. The molecule has 0 aliphatic heterocycles. The van der Waals surface area contributed by atoms with Crippen molar-refractivity contribution < 1.29 is 93.5 Å². The van der Waals surface area contributed by atoms with E-state index in [9.17, 15) is 0 Å². The van der Waals surface area contributed by atoms with E-state index in [1.54, 1.807) is 0 Å². The van der Waals surface area contributed by atoms with Gasteiger partial charge in [0.15, 0.2) is 0 Å². The Morgan fingerprint density at radius 2 is 0.700 bits per heavy atom. The Morgan fingerprint density at radius 1 is 0.700 bits per heavy atom. The molecule has 0 saturated carbocycles. The predicted octanol–water partition coefficient (Wildman–Crippen LogP) is -5.76. The van der Waals surface area contributed by atoms with Gasteiger partial charge in [-0.15, -0.1) is 0 Å². The van der Waals surface area contributed by atoms with Crippen molar-refractivity contribution in [2.24, 2.45) is 0 Å². The van der Waals surface area contributed by atoms with Crippen molar-refractivity contribution in [3.8, 4) is 0 Å². The molecular weight excluding hydrogens is 330 g/mol. The van der Waals surface area contributed by atoms with E-state index in [0.717, 1.165) is 0 Å². The molecule has 0 aromatic rings. The van der Waals surface area contributed by atoms with Crippen molar-refractivity contribution in [1.29, 1.82) is 0 Å². The summed E-state index contributed by atoms with van der Waals surface area (Å²) in [5.74, 6) is 0.